The second-order valence-corrected chi connectivity index (χ2v) is 9.29. The average Bonchev–Trinajstić information content (AvgIpc) is 2.61. The van der Waals surface area contributed by atoms with Gasteiger partial charge in [0.25, 0.3) is 0 Å². The molecule has 0 spiro atoms. The van der Waals surface area contributed by atoms with Crippen molar-refractivity contribution < 1.29 is 9.53 Å². The van der Waals surface area contributed by atoms with Crippen molar-refractivity contribution in [1.82, 2.24) is 0 Å². The normalized spacial score (nSPS) is 11.5. The van der Waals surface area contributed by atoms with Gasteiger partial charge in [-0.25, -0.2) is 0 Å². The molecule has 0 saturated heterocycles. The van der Waals surface area contributed by atoms with Gasteiger partial charge in [-0.05, 0) is 24.7 Å². The van der Waals surface area contributed by atoms with Gasteiger partial charge in [-0.1, -0.05) is 118 Å². The fourth-order valence-electron chi connectivity index (χ4n) is 3.50. The highest BCUT2D eigenvalue weighted by molar-refractivity contribution is 5.69. The monoisotopic (exact) mass is 382 g/mol. The van der Waals surface area contributed by atoms with E-state index < -0.39 is 0 Å². The fourth-order valence-corrected chi connectivity index (χ4v) is 3.50. The van der Waals surface area contributed by atoms with Crippen molar-refractivity contribution in [1.29, 1.82) is 0 Å². The van der Waals surface area contributed by atoms with Crippen molar-refractivity contribution in [3.8, 4) is 0 Å². The van der Waals surface area contributed by atoms with Gasteiger partial charge in [-0.2, -0.15) is 0 Å². The maximum absolute atomic E-state index is 11.7. The zero-order valence-corrected chi connectivity index (χ0v) is 19.2. The predicted octanol–water partition coefficient (Wildman–Crippen LogP) is 8.47. The van der Waals surface area contributed by atoms with Crippen molar-refractivity contribution in [2.75, 3.05) is 6.61 Å². The Morgan fingerprint density at radius 2 is 0.926 bits per heavy atom. The van der Waals surface area contributed by atoms with E-state index in [-0.39, 0.29) is 5.97 Å². The third-order valence-corrected chi connectivity index (χ3v) is 5.35. The van der Waals surface area contributed by atoms with Crippen LogP contribution >= 0.6 is 0 Å². The van der Waals surface area contributed by atoms with Crippen molar-refractivity contribution >= 4 is 5.97 Å². The Hall–Kier alpha value is -0.530. The van der Waals surface area contributed by atoms with Crippen molar-refractivity contribution in [2.24, 2.45) is 11.8 Å². The molecule has 0 atom stereocenters. The summed E-state index contributed by atoms with van der Waals surface area (Å²) < 4.78 is 5.34. The Kier molecular flexibility index (Phi) is 19.8. The SMILES string of the molecule is CC(C)CCCCCCCCCCCCC(=O)OCCCCCCC(C)C. The molecule has 0 heterocycles. The second-order valence-electron chi connectivity index (χ2n) is 9.29. The van der Waals surface area contributed by atoms with Gasteiger partial charge in [0.2, 0.25) is 0 Å². The van der Waals surface area contributed by atoms with Gasteiger partial charge in [0.15, 0.2) is 0 Å². The summed E-state index contributed by atoms with van der Waals surface area (Å²) in [4.78, 5) is 11.7. The Bertz CT molecular complexity index is 309. The molecule has 0 radical (unpaired) electrons. The van der Waals surface area contributed by atoms with Crippen molar-refractivity contribution in [3.63, 3.8) is 0 Å². The quantitative estimate of drug-likeness (QED) is 0.156. The lowest BCUT2D eigenvalue weighted by Crippen LogP contribution is -2.05. The number of ether oxygens (including phenoxy) is 1. The fraction of sp³-hybridized carbons (Fsp3) is 0.960. The van der Waals surface area contributed by atoms with E-state index in [9.17, 15) is 4.79 Å². The molecule has 0 aliphatic rings. The first kappa shape index (κ1) is 26.5. The average molecular weight is 383 g/mol. The summed E-state index contributed by atoms with van der Waals surface area (Å²) in [5, 5.41) is 0. The Labute approximate surface area is 171 Å². The lowest BCUT2D eigenvalue weighted by molar-refractivity contribution is -0.143. The van der Waals surface area contributed by atoms with E-state index in [0.29, 0.717) is 13.0 Å². The molecule has 0 aliphatic heterocycles. The third-order valence-electron chi connectivity index (χ3n) is 5.35. The number of rotatable bonds is 20. The predicted molar refractivity (Wildman–Crippen MR) is 119 cm³/mol. The van der Waals surface area contributed by atoms with Crippen LogP contribution in [-0.4, -0.2) is 12.6 Å². The van der Waals surface area contributed by atoms with Crippen LogP contribution in [-0.2, 0) is 9.53 Å². The zero-order valence-electron chi connectivity index (χ0n) is 19.2. The molecule has 0 N–H and O–H groups in total. The van der Waals surface area contributed by atoms with Gasteiger partial charge < -0.3 is 4.74 Å². The molecule has 0 rings (SSSR count). The number of unbranched alkanes of at least 4 members (excludes halogenated alkanes) is 12. The molecule has 0 aromatic rings. The summed E-state index contributed by atoms with van der Waals surface area (Å²) in [6, 6.07) is 0. The zero-order chi connectivity index (χ0) is 20.2. The first-order valence-electron chi connectivity index (χ1n) is 12.2. The van der Waals surface area contributed by atoms with Gasteiger partial charge in [0.1, 0.15) is 0 Å². The summed E-state index contributed by atoms with van der Waals surface area (Å²) in [7, 11) is 0. The minimum Gasteiger partial charge on any atom is -0.466 e. The first-order chi connectivity index (χ1) is 13.0. The van der Waals surface area contributed by atoms with Crippen LogP contribution in [0, 0.1) is 11.8 Å². The van der Waals surface area contributed by atoms with Crippen LogP contribution in [0.5, 0.6) is 0 Å². The molecule has 0 aromatic heterocycles. The van der Waals surface area contributed by atoms with Crippen molar-refractivity contribution in [3.05, 3.63) is 0 Å². The third kappa shape index (κ3) is 23.4. The summed E-state index contributed by atoms with van der Waals surface area (Å²) in [6.45, 7) is 9.80. The van der Waals surface area contributed by atoms with E-state index in [1.807, 2.05) is 0 Å². The lowest BCUT2D eigenvalue weighted by Gasteiger charge is -2.06. The van der Waals surface area contributed by atoms with Gasteiger partial charge >= 0.3 is 5.97 Å². The summed E-state index contributed by atoms with van der Waals surface area (Å²) in [5.74, 6) is 1.68. The lowest BCUT2D eigenvalue weighted by atomic mass is 10.0. The molecule has 0 saturated carbocycles. The Morgan fingerprint density at radius 1 is 0.556 bits per heavy atom. The molecule has 2 heteroatoms. The molecule has 0 aliphatic carbocycles. The summed E-state index contributed by atoms with van der Waals surface area (Å²) in [6.07, 6.45) is 21.3. The molecular formula is C25H50O2. The molecule has 0 bridgehead atoms. The molecule has 2 nitrogen and oxygen atoms in total. The highest BCUT2D eigenvalue weighted by atomic mass is 16.5. The van der Waals surface area contributed by atoms with Gasteiger partial charge in [-0.3, -0.25) is 4.79 Å². The number of esters is 1. The standard InChI is InChI=1S/C25H50O2/c1-23(2)19-15-11-9-7-5-6-8-10-12-17-21-25(26)27-22-18-14-13-16-20-24(3)4/h23-24H,5-22H2,1-4H3. The molecule has 0 unspecified atom stereocenters. The molecule has 162 valence electrons. The number of hydrogen-bond donors (Lipinski definition) is 0. The minimum absolute atomic E-state index is 0.0126. The topological polar surface area (TPSA) is 26.3 Å². The van der Waals surface area contributed by atoms with Crippen LogP contribution < -0.4 is 0 Å². The van der Waals surface area contributed by atoms with Crippen LogP contribution in [0.4, 0.5) is 0 Å². The van der Waals surface area contributed by atoms with E-state index in [4.69, 9.17) is 4.74 Å². The van der Waals surface area contributed by atoms with Crippen LogP contribution in [0.25, 0.3) is 0 Å². The summed E-state index contributed by atoms with van der Waals surface area (Å²) >= 11 is 0. The van der Waals surface area contributed by atoms with E-state index in [0.717, 1.165) is 24.7 Å². The smallest absolute Gasteiger partial charge is 0.305 e. The highest BCUT2D eigenvalue weighted by Gasteiger charge is 2.03. The number of carbonyl (C=O) groups is 1. The van der Waals surface area contributed by atoms with Crippen LogP contribution in [0.3, 0.4) is 0 Å². The van der Waals surface area contributed by atoms with E-state index in [2.05, 4.69) is 27.7 Å². The second kappa shape index (κ2) is 20.2. The Balaban J connectivity index is 3.17. The van der Waals surface area contributed by atoms with E-state index in [1.54, 1.807) is 0 Å². The summed E-state index contributed by atoms with van der Waals surface area (Å²) in [5.41, 5.74) is 0. The van der Waals surface area contributed by atoms with Gasteiger partial charge in [-0.15, -0.1) is 0 Å². The molecule has 0 fully saturated rings. The van der Waals surface area contributed by atoms with Crippen molar-refractivity contribution in [2.45, 2.75) is 137 Å². The number of hydrogen-bond acceptors (Lipinski definition) is 2. The maximum atomic E-state index is 11.7. The van der Waals surface area contributed by atoms with Crippen LogP contribution in [0.15, 0.2) is 0 Å². The van der Waals surface area contributed by atoms with E-state index >= 15 is 0 Å². The molecule has 0 aromatic carbocycles. The largest absolute Gasteiger partial charge is 0.466 e. The highest BCUT2D eigenvalue weighted by Crippen LogP contribution is 2.14. The maximum Gasteiger partial charge on any atom is 0.305 e. The molecular weight excluding hydrogens is 332 g/mol. The van der Waals surface area contributed by atoms with Gasteiger partial charge in [0.05, 0.1) is 6.61 Å². The minimum atomic E-state index is 0.0126. The first-order valence-corrected chi connectivity index (χ1v) is 12.2. The van der Waals surface area contributed by atoms with Crippen LogP contribution in [0.2, 0.25) is 0 Å². The van der Waals surface area contributed by atoms with Gasteiger partial charge in [0, 0.05) is 6.42 Å². The Morgan fingerprint density at radius 3 is 1.37 bits per heavy atom. The van der Waals surface area contributed by atoms with E-state index in [1.165, 1.54) is 89.9 Å². The number of carbonyl (C=O) groups excluding carboxylic acids is 1. The molecule has 0 amide bonds. The van der Waals surface area contributed by atoms with Crippen LogP contribution in [0.1, 0.15) is 137 Å². The molecule has 27 heavy (non-hydrogen) atoms.